The second-order valence-corrected chi connectivity index (χ2v) is 5.75. The Morgan fingerprint density at radius 3 is 2.35 bits per heavy atom. The van der Waals surface area contributed by atoms with Crippen molar-refractivity contribution in [1.29, 1.82) is 0 Å². The minimum absolute atomic E-state index is 0.261. The van der Waals surface area contributed by atoms with Crippen LogP contribution in [-0.4, -0.2) is 15.0 Å². The molecule has 0 unspecified atom stereocenters. The second kappa shape index (κ2) is 5.95. The Bertz CT molecular complexity index is 486. The Balaban J connectivity index is 2.79. The van der Waals surface area contributed by atoms with Gasteiger partial charge in [0.25, 0.3) is 0 Å². The monoisotopic (exact) mass is 254 g/mol. The van der Waals surface area contributed by atoms with Crippen LogP contribution in [0.2, 0.25) is 0 Å². The smallest absolute Gasteiger partial charge is 0.240 e. The number of hydrogen-bond donors (Lipinski definition) is 2. The third-order valence-electron chi connectivity index (χ3n) is 2.25. The highest BCUT2D eigenvalue weighted by atomic mass is 32.2. The first-order valence-electron chi connectivity index (χ1n) is 5.38. The molecule has 0 fully saturated rings. The van der Waals surface area contributed by atoms with Crippen LogP contribution in [0.3, 0.4) is 0 Å². The summed E-state index contributed by atoms with van der Waals surface area (Å²) in [6.45, 7) is 4.56. The van der Waals surface area contributed by atoms with E-state index in [9.17, 15) is 8.42 Å². The van der Waals surface area contributed by atoms with E-state index in [0.29, 0.717) is 13.1 Å². The molecule has 1 aromatic rings. The molecule has 4 nitrogen and oxygen atoms in total. The molecule has 0 aliphatic rings. The van der Waals surface area contributed by atoms with Gasteiger partial charge in [-0.3, -0.25) is 0 Å². The molecule has 94 valence electrons. The average molecular weight is 254 g/mol. The van der Waals surface area contributed by atoms with Crippen LogP contribution in [0.15, 0.2) is 40.8 Å². The minimum Gasteiger partial charge on any atom is -0.326 e. The molecule has 17 heavy (non-hydrogen) atoms. The number of nitrogens with two attached hydrogens (primary N) is 1. The lowest BCUT2D eigenvalue weighted by molar-refractivity contribution is 0.585. The normalized spacial score (nSPS) is 11.2. The van der Waals surface area contributed by atoms with E-state index in [2.05, 4.69) is 4.72 Å². The summed E-state index contributed by atoms with van der Waals surface area (Å²) in [7, 11) is -3.42. The van der Waals surface area contributed by atoms with Crippen LogP contribution in [0.1, 0.15) is 19.4 Å². The predicted molar refractivity (Wildman–Crippen MR) is 69.0 cm³/mol. The van der Waals surface area contributed by atoms with Crippen LogP contribution in [0.25, 0.3) is 0 Å². The molecule has 0 saturated heterocycles. The van der Waals surface area contributed by atoms with Gasteiger partial charge in [0, 0.05) is 13.1 Å². The third kappa shape index (κ3) is 4.30. The lowest BCUT2D eigenvalue weighted by Crippen LogP contribution is -2.23. The highest BCUT2D eigenvalue weighted by molar-refractivity contribution is 7.89. The van der Waals surface area contributed by atoms with E-state index in [1.54, 1.807) is 24.3 Å². The van der Waals surface area contributed by atoms with Crippen molar-refractivity contribution >= 4 is 10.0 Å². The maximum absolute atomic E-state index is 11.8. The van der Waals surface area contributed by atoms with Crippen molar-refractivity contribution in [2.45, 2.75) is 25.3 Å². The van der Waals surface area contributed by atoms with Gasteiger partial charge in [-0.25, -0.2) is 13.1 Å². The topological polar surface area (TPSA) is 72.2 Å². The van der Waals surface area contributed by atoms with E-state index in [1.165, 1.54) is 0 Å². The number of rotatable bonds is 5. The Labute approximate surface area is 103 Å². The molecule has 0 saturated carbocycles. The van der Waals surface area contributed by atoms with Gasteiger partial charge in [-0.15, -0.1) is 0 Å². The maximum Gasteiger partial charge on any atom is 0.240 e. The van der Waals surface area contributed by atoms with Crippen LogP contribution in [0, 0.1) is 0 Å². The van der Waals surface area contributed by atoms with Gasteiger partial charge in [-0.05, 0) is 31.5 Å². The molecule has 0 bridgehead atoms. The van der Waals surface area contributed by atoms with Gasteiger partial charge in [0.05, 0.1) is 4.90 Å². The zero-order valence-corrected chi connectivity index (χ0v) is 10.9. The molecule has 3 N–H and O–H groups in total. The fourth-order valence-electron chi connectivity index (χ4n) is 1.24. The first kappa shape index (κ1) is 13.9. The van der Waals surface area contributed by atoms with E-state index in [4.69, 9.17) is 5.73 Å². The number of benzene rings is 1. The minimum atomic E-state index is -3.42. The summed E-state index contributed by atoms with van der Waals surface area (Å²) in [6.07, 6.45) is 1.83. The standard InChI is InChI=1S/C12H18N2O2S/c1-10(2)7-8-14-17(15,16)12-5-3-11(9-13)4-6-12/h3-7,14H,8-9,13H2,1-2H3. The molecule has 0 heterocycles. The van der Waals surface area contributed by atoms with Crippen molar-refractivity contribution < 1.29 is 8.42 Å². The molecular weight excluding hydrogens is 236 g/mol. The molecule has 0 atom stereocenters. The van der Waals surface area contributed by atoms with Crippen molar-refractivity contribution in [1.82, 2.24) is 4.72 Å². The largest absolute Gasteiger partial charge is 0.326 e. The molecule has 0 aliphatic heterocycles. The summed E-state index contributed by atoms with van der Waals surface area (Å²) in [5.74, 6) is 0. The fraction of sp³-hybridized carbons (Fsp3) is 0.333. The molecule has 0 aliphatic carbocycles. The number of allylic oxidation sites excluding steroid dienone is 1. The molecule has 1 aromatic carbocycles. The average Bonchev–Trinajstić information content (AvgIpc) is 2.28. The van der Waals surface area contributed by atoms with E-state index >= 15 is 0 Å². The SMILES string of the molecule is CC(C)=CCNS(=O)(=O)c1ccc(CN)cc1. The highest BCUT2D eigenvalue weighted by Crippen LogP contribution is 2.09. The predicted octanol–water partition coefficient (Wildman–Crippen LogP) is 1.39. The zero-order chi connectivity index (χ0) is 12.9. The summed E-state index contributed by atoms with van der Waals surface area (Å²) in [5.41, 5.74) is 7.44. The number of hydrogen-bond acceptors (Lipinski definition) is 3. The van der Waals surface area contributed by atoms with Crippen LogP contribution >= 0.6 is 0 Å². The highest BCUT2D eigenvalue weighted by Gasteiger charge is 2.11. The zero-order valence-electron chi connectivity index (χ0n) is 10.1. The Morgan fingerprint density at radius 1 is 1.29 bits per heavy atom. The summed E-state index contributed by atoms with van der Waals surface area (Å²) in [6, 6.07) is 6.56. The van der Waals surface area contributed by atoms with Crippen molar-refractivity contribution in [3.05, 3.63) is 41.5 Å². The van der Waals surface area contributed by atoms with Crippen LogP contribution < -0.4 is 10.5 Å². The molecular formula is C12H18N2O2S. The Kier molecular flexibility index (Phi) is 4.86. The first-order valence-corrected chi connectivity index (χ1v) is 6.86. The van der Waals surface area contributed by atoms with Gasteiger partial charge in [-0.1, -0.05) is 23.8 Å². The van der Waals surface area contributed by atoms with E-state index in [0.717, 1.165) is 11.1 Å². The summed E-state index contributed by atoms with van der Waals surface area (Å²) < 4.78 is 26.2. The first-order chi connectivity index (χ1) is 7.95. The maximum atomic E-state index is 11.8. The summed E-state index contributed by atoms with van der Waals surface area (Å²) >= 11 is 0. The molecule has 1 rings (SSSR count). The Hall–Kier alpha value is -1.17. The number of nitrogens with one attached hydrogen (secondary N) is 1. The van der Waals surface area contributed by atoms with E-state index in [-0.39, 0.29) is 4.90 Å². The third-order valence-corrected chi connectivity index (χ3v) is 3.69. The van der Waals surface area contributed by atoms with E-state index in [1.807, 2.05) is 19.9 Å². The molecule has 0 aromatic heterocycles. The summed E-state index contributed by atoms with van der Waals surface area (Å²) in [4.78, 5) is 0.261. The van der Waals surface area contributed by atoms with Crippen molar-refractivity contribution in [3.63, 3.8) is 0 Å². The van der Waals surface area contributed by atoms with Crippen molar-refractivity contribution in [3.8, 4) is 0 Å². The van der Waals surface area contributed by atoms with Crippen LogP contribution in [0.5, 0.6) is 0 Å². The van der Waals surface area contributed by atoms with Gasteiger partial charge in [0.2, 0.25) is 10.0 Å². The van der Waals surface area contributed by atoms with Crippen molar-refractivity contribution in [2.75, 3.05) is 6.54 Å². The summed E-state index contributed by atoms with van der Waals surface area (Å²) in [5, 5.41) is 0. The molecule has 0 radical (unpaired) electrons. The quantitative estimate of drug-likeness (QED) is 0.780. The second-order valence-electron chi connectivity index (χ2n) is 3.98. The lowest BCUT2D eigenvalue weighted by Gasteiger charge is -2.05. The van der Waals surface area contributed by atoms with Crippen LogP contribution in [0.4, 0.5) is 0 Å². The van der Waals surface area contributed by atoms with E-state index < -0.39 is 10.0 Å². The van der Waals surface area contributed by atoms with Gasteiger partial charge < -0.3 is 5.73 Å². The van der Waals surface area contributed by atoms with Gasteiger partial charge in [0.1, 0.15) is 0 Å². The van der Waals surface area contributed by atoms with Gasteiger partial charge in [-0.2, -0.15) is 0 Å². The molecule has 5 heteroatoms. The fourth-order valence-corrected chi connectivity index (χ4v) is 2.21. The molecule has 0 spiro atoms. The van der Waals surface area contributed by atoms with Crippen molar-refractivity contribution in [2.24, 2.45) is 5.73 Å². The Morgan fingerprint density at radius 2 is 1.88 bits per heavy atom. The van der Waals surface area contributed by atoms with Crippen LogP contribution in [-0.2, 0) is 16.6 Å². The number of sulfonamides is 1. The van der Waals surface area contributed by atoms with Gasteiger partial charge >= 0.3 is 0 Å². The van der Waals surface area contributed by atoms with Gasteiger partial charge in [0.15, 0.2) is 0 Å². The lowest BCUT2D eigenvalue weighted by atomic mass is 10.2. The molecule has 0 amide bonds.